The summed E-state index contributed by atoms with van der Waals surface area (Å²) < 4.78 is 0. The van der Waals surface area contributed by atoms with E-state index in [1.807, 2.05) is 18.2 Å². The van der Waals surface area contributed by atoms with Crippen molar-refractivity contribution in [3.05, 3.63) is 36.4 Å². The first-order valence-corrected chi connectivity index (χ1v) is 6.56. The van der Waals surface area contributed by atoms with E-state index < -0.39 is 0 Å². The van der Waals surface area contributed by atoms with Gasteiger partial charge >= 0.3 is 0 Å². The fraction of sp³-hybridized carbons (Fsp3) is 0.250. The van der Waals surface area contributed by atoms with Crippen molar-refractivity contribution in [2.75, 3.05) is 5.43 Å². The van der Waals surface area contributed by atoms with Crippen LogP contribution in [0.15, 0.2) is 40.5 Å². The summed E-state index contributed by atoms with van der Waals surface area (Å²) in [4.78, 5) is 13.9. The molecule has 2 rings (SSSR count). The van der Waals surface area contributed by atoms with Crippen molar-refractivity contribution in [1.82, 2.24) is 15.0 Å². The zero-order chi connectivity index (χ0) is 12.8. The molecule has 0 spiro atoms. The van der Waals surface area contributed by atoms with Crippen LogP contribution in [0.4, 0.5) is 5.82 Å². The van der Waals surface area contributed by atoms with E-state index in [0.717, 1.165) is 28.6 Å². The van der Waals surface area contributed by atoms with Crippen molar-refractivity contribution in [2.24, 2.45) is 5.84 Å². The molecule has 0 atom stereocenters. The molecule has 3 N–H and O–H groups in total. The zero-order valence-corrected chi connectivity index (χ0v) is 10.9. The van der Waals surface area contributed by atoms with Crippen LogP contribution in [-0.2, 0) is 6.42 Å². The third kappa shape index (κ3) is 3.41. The second-order valence-electron chi connectivity index (χ2n) is 3.69. The molecule has 2 aromatic heterocycles. The van der Waals surface area contributed by atoms with Crippen LogP contribution < -0.4 is 11.3 Å². The molecule has 0 saturated heterocycles. The Morgan fingerprint density at radius 3 is 2.72 bits per heavy atom. The first kappa shape index (κ1) is 12.8. The largest absolute Gasteiger partial charge is 0.308 e. The summed E-state index contributed by atoms with van der Waals surface area (Å²) in [5.41, 5.74) is 2.58. The van der Waals surface area contributed by atoms with Gasteiger partial charge in [-0.15, -0.1) is 0 Å². The number of hydrogen-bond donors (Lipinski definition) is 2. The topological polar surface area (TPSA) is 76.7 Å². The molecule has 2 heterocycles. The molecule has 0 unspecified atom stereocenters. The summed E-state index contributed by atoms with van der Waals surface area (Å²) in [6.45, 7) is 2.10. The quantitative estimate of drug-likeness (QED) is 0.488. The second kappa shape index (κ2) is 6.32. The van der Waals surface area contributed by atoms with Gasteiger partial charge in [-0.1, -0.05) is 18.7 Å². The van der Waals surface area contributed by atoms with E-state index in [-0.39, 0.29) is 0 Å². The van der Waals surface area contributed by atoms with E-state index >= 15 is 0 Å². The molecule has 0 saturated carbocycles. The number of nitrogens with two attached hydrogens (primary N) is 1. The van der Waals surface area contributed by atoms with Crippen molar-refractivity contribution in [1.29, 1.82) is 0 Å². The SMILES string of the molecule is CCCc1nc(NN)cc(Sc2ccncc2)n1. The van der Waals surface area contributed by atoms with E-state index in [4.69, 9.17) is 5.84 Å². The molecule has 18 heavy (non-hydrogen) atoms. The van der Waals surface area contributed by atoms with Crippen LogP contribution in [-0.4, -0.2) is 15.0 Å². The van der Waals surface area contributed by atoms with Gasteiger partial charge in [0.15, 0.2) is 0 Å². The first-order valence-electron chi connectivity index (χ1n) is 5.74. The van der Waals surface area contributed by atoms with Crippen LogP contribution in [0.3, 0.4) is 0 Å². The fourth-order valence-electron chi connectivity index (χ4n) is 1.46. The molecule has 0 fully saturated rings. The van der Waals surface area contributed by atoms with E-state index in [1.54, 1.807) is 24.2 Å². The van der Waals surface area contributed by atoms with Gasteiger partial charge in [-0.2, -0.15) is 0 Å². The average Bonchev–Trinajstić information content (AvgIpc) is 2.40. The van der Waals surface area contributed by atoms with Crippen molar-refractivity contribution < 1.29 is 0 Å². The predicted molar refractivity (Wildman–Crippen MR) is 72.2 cm³/mol. The van der Waals surface area contributed by atoms with Gasteiger partial charge in [-0.05, 0) is 18.6 Å². The van der Waals surface area contributed by atoms with E-state index in [1.165, 1.54) is 0 Å². The molecule has 0 radical (unpaired) electrons. The fourth-order valence-corrected chi connectivity index (χ4v) is 2.28. The minimum absolute atomic E-state index is 0.644. The number of pyridine rings is 1. The van der Waals surface area contributed by atoms with E-state index in [9.17, 15) is 0 Å². The molecule has 6 heteroatoms. The van der Waals surface area contributed by atoms with Gasteiger partial charge in [0.1, 0.15) is 16.7 Å². The number of nitrogens with zero attached hydrogens (tertiary/aromatic N) is 3. The normalized spacial score (nSPS) is 10.3. The van der Waals surface area contributed by atoms with E-state index in [0.29, 0.717) is 5.82 Å². The molecule has 0 aromatic carbocycles. The maximum Gasteiger partial charge on any atom is 0.144 e. The van der Waals surface area contributed by atoms with Crippen molar-refractivity contribution in [2.45, 2.75) is 29.7 Å². The highest BCUT2D eigenvalue weighted by atomic mass is 32.2. The number of aromatic nitrogens is 3. The van der Waals surface area contributed by atoms with Gasteiger partial charge in [-0.3, -0.25) is 4.98 Å². The smallest absolute Gasteiger partial charge is 0.144 e. The summed E-state index contributed by atoms with van der Waals surface area (Å²) in [6.07, 6.45) is 5.38. The average molecular weight is 261 g/mol. The molecule has 0 aliphatic rings. The Hall–Kier alpha value is -1.66. The first-order chi connectivity index (χ1) is 8.81. The van der Waals surface area contributed by atoms with Crippen LogP contribution in [0.1, 0.15) is 19.2 Å². The summed E-state index contributed by atoms with van der Waals surface area (Å²) >= 11 is 1.57. The van der Waals surface area contributed by atoms with Crippen molar-refractivity contribution >= 4 is 17.6 Å². The zero-order valence-electron chi connectivity index (χ0n) is 10.1. The molecule has 0 aliphatic carbocycles. The molecular weight excluding hydrogens is 246 g/mol. The standard InChI is InChI=1S/C12H15N5S/c1-2-3-10-15-11(17-13)8-12(16-10)18-9-4-6-14-7-5-9/h4-8H,2-3,13H2,1H3,(H,15,16,17). The van der Waals surface area contributed by atoms with Gasteiger partial charge in [0.2, 0.25) is 0 Å². The highest BCUT2D eigenvalue weighted by Crippen LogP contribution is 2.26. The van der Waals surface area contributed by atoms with Gasteiger partial charge in [0, 0.05) is 29.8 Å². The molecule has 0 bridgehead atoms. The number of nitrogens with one attached hydrogen (secondary N) is 1. The number of aryl methyl sites for hydroxylation is 1. The lowest BCUT2D eigenvalue weighted by Gasteiger charge is -2.06. The number of rotatable bonds is 5. The van der Waals surface area contributed by atoms with Gasteiger partial charge in [-0.25, -0.2) is 15.8 Å². The molecule has 5 nitrogen and oxygen atoms in total. The van der Waals surface area contributed by atoms with Crippen molar-refractivity contribution in [3.8, 4) is 0 Å². The number of hydrogen-bond acceptors (Lipinski definition) is 6. The van der Waals surface area contributed by atoms with Crippen molar-refractivity contribution in [3.63, 3.8) is 0 Å². The maximum atomic E-state index is 5.42. The molecule has 0 amide bonds. The van der Waals surface area contributed by atoms with Gasteiger partial charge < -0.3 is 5.43 Å². The van der Waals surface area contributed by atoms with Gasteiger partial charge in [0.25, 0.3) is 0 Å². The Balaban J connectivity index is 2.24. The van der Waals surface area contributed by atoms with E-state index in [2.05, 4.69) is 27.3 Å². The third-order valence-corrected chi connectivity index (χ3v) is 3.17. The number of anilines is 1. The Bertz CT molecular complexity index is 503. The number of nitrogen functional groups attached to an aromatic ring is 1. The van der Waals surface area contributed by atoms with Crippen LogP contribution in [0, 0.1) is 0 Å². The Labute approximate surface area is 110 Å². The summed E-state index contributed by atoms with van der Waals surface area (Å²) in [7, 11) is 0. The molecular formula is C12H15N5S. The Morgan fingerprint density at radius 1 is 1.28 bits per heavy atom. The summed E-state index contributed by atoms with van der Waals surface area (Å²) in [5, 5.41) is 0.882. The number of hydrazine groups is 1. The van der Waals surface area contributed by atoms with Crippen LogP contribution in [0.25, 0.3) is 0 Å². The summed E-state index contributed by atoms with van der Waals surface area (Å²) in [6, 6.07) is 5.73. The van der Waals surface area contributed by atoms with Gasteiger partial charge in [0.05, 0.1) is 0 Å². The lowest BCUT2D eigenvalue weighted by atomic mass is 10.3. The molecule has 94 valence electrons. The highest BCUT2D eigenvalue weighted by Gasteiger charge is 2.05. The highest BCUT2D eigenvalue weighted by molar-refractivity contribution is 7.99. The second-order valence-corrected chi connectivity index (χ2v) is 4.78. The van der Waals surface area contributed by atoms with Crippen LogP contribution in [0.5, 0.6) is 0 Å². The molecule has 2 aromatic rings. The summed E-state index contributed by atoms with van der Waals surface area (Å²) in [5.74, 6) is 6.87. The monoisotopic (exact) mass is 261 g/mol. The Kier molecular flexibility index (Phi) is 4.49. The van der Waals surface area contributed by atoms with Crippen LogP contribution >= 0.6 is 11.8 Å². The van der Waals surface area contributed by atoms with Crippen LogP contribution in [0.2, 0.25) is 0 Å². The minimum atomic E-state index is 0.644. The Morgan fingerprint density at radius 2 is 2.06 bits per heavy atom. The third-order valence-electron chi connectivity index (χ3n) is 2.24. The predicted octanol–water partition coefficient (Wildman–Crippen LogP) is 2.26. The minimum Gasteiger partial charge on any atom is -0.308 e. The maximum absolute atomic E-state index is 5.42. The molecule has 0 aliphatic heterocycles. The lowest BCUT2D eigenvalue weighted by molar-refractivity contribution is 0.810. The lowest BCUT2D eigenvalue weighted by Crippen LogP contribution is -2.10.